The Balaban J connectivity index is 1.78. The monoisotopic (exact) mass is 230 g/mol. The number of fused-ring (bicyclic) bond motifs is 3. The second kappa shape index (κ2) is 3.17. The van der Waals surface area contributed by atoms with Crippen molar-refractivity contribution in [3.8, 4) is 0 Å². The van der Waals surface area contributed by atoms with Crippen LogP contribution in [0.25, 0.3) is 0 Å². The Hall–Kier alpha value is -0.200. The summed E-state index contributed by atoms with van der Waals surface area (Å²) in [6, 6.07) is 0. The van der Waals surface area contributed by atoms with Crippen molar-refractivity contribution < 1.29 is 23.7 Å². The first-order valence-electron chi connectivity index (χ1n) is 5.69. The molecule has 3 heterocycles. The fraction of sp³-hybridized carbons (Fsp3) is 1.00. The van der Waals surface area contributed by atoms with Crippen molar-refractivity contribution in [2.75, 3.05) is 6.61 Å². The van der Waals surface area contributed by atoms with Crippen molar-refractivity contribution in [2.45, 2.75) is 63.9 Å². The lowest BCUT2D eigenvalue weighted by Crippen LogP contribution is -2.50. The van der Waals surface area contributed by atoms with E-state index in [2.05, 4.69) is 0 Å². The number of hydrogen-bond acceptors (Lipinski definition) is 5. The average molecular weight is 230 g/mol. The van der Waals surface area contributed by atoms with E-state index in [1.807, 2.05) is 27.7 Å². The maximum Gasteiger partial charge on any atom is 0.190 e. The normalized spacial score (nSPS) is 48.8. The zero-order valence-electron chi connectivity index (χ0n) is 10.1. The van der Waals surface area contributed by atoms with Crippen LogP contribution < -0.4 is 0 Å². The molecular weight excluding hydrogens is 212 g/mol. The lowest BCUT2D eigenvalue weighted by Gasteiger charge is -2.38. The smallest absolute Gasteiger partial charge is 0.190 e. The zero-order valence-corrected chi connectivity index (χ0v) is 10.1. The summed E-state index contributed by atoms with van der Waals surface area (Å²) in [6.45, 7) is 8.09. The van der Waals surface area contributed by atoms with E-state index >= 15 is 0 Å². The molecule has 3 fully saturated rings. The van der Waals surface area contributed by atoms with Gasteiger partial charge in [-0.3, -0.25) is 0 Å². The van der Waals surface area contributed by atoms with Gasteiger partial charge in [0.15, 0.2) is 17.9 Å². The van der Waals surface area contributed by atoms with E-state index in [-0.39, 0.29) is 24.6 Å². The van der Waals surface area contributed by atoms with Gasteiger partial charge in [-0.2, -0.15) is 0 Å². The molecule has 0 spiro atoms. The minimum absolute atomic E-state index is 0.0841. The summed E-state index contributed by atoms with van der Waals surface area (Å²) in [5, 5.41) is 0. The Bertz CT molecular complexity index is 301. The Morgan fingerprint density at radius 3 is 2.31 bits per heavy atom. The molecule has 5 nitrogen and oxygen atoms in total. The minimum atomic E-state index is -0.591. The van der Waals surface area contributed by atoms with E-state index in [0.717, 1.165) is 0 Å². The van der Waals surface area contributed by atoms with E-state index in [4.69, 9.17) is 23.7 Å². The highest BCUT2D eigenvalue weighted by Crippen LogP contribution is 2.42. The van der Waals surface area contributed by atoms with Gasteiger partial charge in [0, 0.05) is 0 Å². The average Bonchev–Trinajstić information content (AvgIpc) is 2.57. The predicted molar refractivity (Wildman–Crippen MR) is 53.6 cm³/mol. The lowest BCUT2D eigenvalue weighted by atomic mass is 10.1. The van der Waals surface area contributed by atoms with Crippen LogP contribution in [0.2, 0.25) is 0 Å². The minimum Gasteiger partial charge on any atom is -0.348 e. The van der Waals surface area contributed by atoms with Gasteiger partial charge in [0.05, 0.1) is 6.61 Å². The first-order valence-corrected chi connectivity index (χ1v) is 5.69. The van der Waals surface area contributed by atoms with Gasteiger partial charge < -0.3 is 23.7 Å². The van der Waals surface area contributed by atoms with Crippen LogP contribution in [-0.2, 0) is 23.7 Å². The second-order valence-corrected chi connectivity index (χ2v) is 5.44. The molecule has 3 saturated heterocycles. The molecule has 3 rings (SSSR count). The highest BCUT2D eigenvalue weighted by molar-refractivity contribution is 4.96. The summed E-state index contributed by atoms with van der Waals surface area (Å²) in [4.78, 5) is 0. The number of ether oxygens (including phenoxy) is 5. The Kier molecular flexibility index (Phi) is 2.17. The lowest BCUT2D eigenvalue weighted by molar-refractivity contribution is -0.319. The molecular formula is C11H18O5. The standard InChI is InChI=1S/C11H18O5/c1-10(2)12-5-6-7(14-10)8-9(13-6)16-11(3,4)15-8/h6-9H,5H2,1-4H3/t6-,7?,8+,9-/m1/s1. The SMILES string of the molecule is CC1(C)OC[C@H]2O[C@@H]3OC(C)(C)O[C@H]3C2O1. The Morgan fingerprint density at radius 1 is 0.875 bits per heavy atom. The summed E-state index contributed by atoms with van der Waals surface area (Å²) < 4.78 is 28.6. The Morgan fingerprint density at radius 2 is 1.56 bits per heavy atom. The third kappa shape index (κ3) is 1.67. The molecule has 4 atom stereocenters. The molecule has 1 unspecified atom stereocenters. The third-order valence-corrected chi connectivity index (χ3v) is 3.10. The van der Waals surface area contributed by atoms with Gasteiger partial charge >= 0.3 is 0 Å². The molecule has 0 saturated carbocycles. The first kappa shape index (κ1) is 10.9. The van der Waals surface area contributed by atoms with E-state index in [1.165, 1.54) is 0 Å². The molecule has 5 heteroatoms. The maximum atomic E-state index is 5.85. The molecule has 0 radical (unpaired) electrons. The summed E-state index contributed by atoms with van der Waals surface area (Å²) >= 11 is 0. The van der Waals surface area contributed by atoms with Crippen LogP contribution in [0.1, 0.15) is 27.7 Å². The van der Waals surface area contributed by atoms with Gasteiger partial charge in [-0.25, -0.2) is 0 Å². The van der Waals surface area contributed by atoms with Crippen LogP contribution in [0, 0.1) is 0 Å². The molecule has 0 bridgehead atoms. The van der Waals surface area contributed by atoms with Gasteiger partial charge in [-0.05, 0) is 27.7 Å². The van der Waals surface area contributed by atoms with Crippen molar-refractivity contribution in [2.24, 2.45) is 0 Å². The second-order valence-electron chi connectivity index (χ2n) is 5.44. The van der Waals surface area contributed by atoms with Gasteiger partial charge in [0.25, 0.3) is 0 Å². The van der Waals surface area contributed by atoms with E-state index in [9.17, 15) is 0 Å². The largest absolute Gasteiger partial charge is 0.348 e. The van der Waals surface area contributed by atoms with Crippen LogP contribution in [0.15, 0.2) is 0 Å². The molecule has 0 aromatic carbocycles. The molecule has 0 aromatic heterocycles. The summed E-state index contributed by atoms with van der Waals surface area (Å²) in [5.74, 6) is -1.17. The van der Waals surface area contributed by atoms with Gasteiger partial charge in [0.2, 0.25) is 0 Å². The zero-order chi connectivity index (χ0) is 11.6. The number of rotatable bonds is 0. The third-order valence-electron chi connectivity index (χ3n) is 3.10. The van der Waals surface area contributed by atoms with Gasteiger partial charge in [0.1, 0.15) is 18.3 Å². The molecule has 0 amide bonds. The molecule has 92 valence electrons. The maximum absolute atomic E-state index is 5.85. The summed E-state index contributed by atoms with van der Waals surface area (Å²) in [5.41, 5.74) is 0. The molecule has 0 aliphatic carbocycles. The topological polar surface area (TPSA) is 46.2 Å². The fourth-order valence-electron chi connectivity index (χ4n) is 2.47. The van der Waals surface area contributed by atoms with Crippen LogP contribution in [0.3, 0.4) is 0 Å². The van der Waals surface area contributed by atoms with E-state index in [1.54, 1.807) is 0 Å². The highest BCUT2D eigenvalue weighted by Gasteiger charge is 2.58. The molecule has 0 aromatic rings. The van der Waals surface area contributed by atoms with Crippen LogP contribution in [-0.4, -0.2) is 42.8 Å². The first-order chi connectivity index (χ1) is 7.36. The fourth-order valence-corrected chi connectivity index (χ4v) is 2.47. The van der Waals surface area contributed by atoms with Crippen molar-refractivity contribution in [3.63, 3.8) is 0 Å². The quantitative estimate of drug-likeness (QED) is 0.621. The molecule has 3 aliphatic heterocycles. The molecule has 3 aliphatic rings. The molecule has 0 N–H and O–H groups in total. The van der Waals surface area contributed by atoms with Crippen LogP contribution >= 0.6 is 0 Å². The Labute approximate surface area is 94.9 Å². The van der Waals surface area contributed by atoms with Crippen molar-refractivity contribution in [1.29, 1.82) is 0 Å². The van der Waals surface area contributed by atoms with Gasteiger partial charge in [-0.1, -0.05) is 0 Å². The highest BCUT2D eigenvalue weighted by atomic mass is 16.9. The summed E-state index contributed by atoms with van der Waals surface area (Å²) in [6.07, 6.45) is -0.666. The van der Waals surface area contributed by atoms with E-state index in [0.29, 0.717) is 6.61 Å². The van der Waals surface area contributed by atoms with E-state index < -0.39 is 11.6 Å². The number of hydrogen-bond donors (Lipinski definition) is 0. The molecule has 16 heavy (non-hydrogen) atoms. The van der Waals surface area contributed by atoms with Crippen LogP contribution in [0.4, 0.5) is 0 Å². The van der Waals surface area contributed by atoms with Crippen molar-refractivity contribution in [1.82, 2.24) is 0 Å². The van der Waals surface area contributed by atoms with Crippen molar-refractivity contribution >= 4 is 0 Å². The summed E-state index contributed by atoms with van der Waals surface area (Å²) in [7, 11) is 0. The van der Waals surface area contributed by atoms with Crippen LogP contribution in [0.5, 0.6) is 0 Å². The van der Waals surface area contributed by atoms with Crippen molar-refractivity contribution in [3.05, 3.63) is 0 Å². The predicted octanol–water partition coefficient (Wildman–Crippen LogP) is 1.01. The van der Waals surface area contributed by atoms with Gasteiger partial charge in [-0.15, -0.1) is 0 Å².